The van der Waals surface area contributed by atoms with Crippen molar-refractivity contribution >= 4 is 17.6 Å². The third kappa shape index (κ3) is 1.69. The van der Waals surface area contributed by atoms with E-state index in [1.165, 1.54) is 0 Å². The highest BCUT2D eigenvalue weighted by molar-refractivity contribution is 6.18. The lowest BCUT2D eigenvalue weighted by Crippen LogP contribution is -2.47. The smallest absolute Gasteiger partial charge is 0.324 e. The SMILES string of the molecule is O=C(O)C1(CCCl)CC(F)CN1. The topological polar surface area (TPSA) is 49.3 Å². The first kappa shape index (κ1) is 9.74. The molecular weight excluding hydrogens is 185 g/mol. The summed E-state index contributed by atoms with van der Waals surface area (Å²) in [6.45, 7) is 0.114. The zero-order valence-electron chi connectivity index (χ0n) is 6.52. The molecule has 1 heterocycles. The van der Waals surface area contributed by atoms with E-state index in [1.54, 1.807) is 0 Å². The van der Waals surface area contributed by atoms with Crippen LogP contribution in [0.3, 0.4) is 0 Å². The number of carboxylic acids is 1. The summed E-state index contributed by atoms with van der Waals surface area (Å²) in [7, 11) is 0. The van der Waals surface area contributed by atoms with Gasteiger partial charge in [-0.3, -0.25) is 10.1 Å². The van der Waals surface area contributed by atoms with Crippen molar-refractivity contribution < 1.29 is 14.3 Å². The van der Waals surface area contributed by atoms with Gasteiger partial charge in [-0.25, -0.2) is 4.39 Å². The Kier molecular flexibility index (Phi) is 2.90. The maximum absolute atomic E-state index is 12.7. The van der Waals surface area contributed by atoms with Crippen LogP contribution in [0.5, 0.6) is 0 Å². The number of halogens is 2. The number of alkyl halides is 2. The van der Waals surface area contributed by atoms with Crippen LogP contribution in [0.15, 0.2) is 0 Å². The van der Waals surface area contributed by atoms with Crippen molar-refractivity contribution in [2.45, 2.75) is 24.6 Å². The summed E-state index contributed by atoms with van der Waals surface area (Å²) in [5, 5.41) is 11.5. The Bertz CT molecular complexity index is 186. The number of hydrogen-bond acceptors (Lipinski definition) is 2. The molecule has 12 heavy (non-hydrogen) atoms. The summed E-state index contributed by atoms with van der Waals surface area (Å²) < 4.78 is 12.7. The second-order valence-corrected chi connectivity index (χ2v) is 3.39. The van der Waals surface area contributed by atoms with Crippen molar-refractivity contribution in [3.05, 3.63) is 0 Å². The van der Waals surface area contributed by atoms with Gasteiger partial charge in [0.15, 0.2) is 0 Å². The third-order valence-electron chi connectivity index (χ3n) is 2.16. The monoisotopic (exact) mass is 195 g/mol. The van der Waals surface area contributed by atoms with E-state index in [4.69, 9.17) is 16.7 Å². The molecule has 3 nitrogen and oxygen atoms in total. The van der Waals surface area contributed by atoms with Gasteiger partial charge in [0.1, 0.15) is 11.7 Å². The fourth-order valence-electron chi connectivity index (χ4n) is 1.45. The van der Waals surface area contributed by atoms with Crippen molar-refractivity contribution in [2.75, 3.05) is 12.4 Å². The predicted molar refractivity (Wildman–Crippen MR) is 43.2 cm³/mol. The van der Waals surface area contributed by atoms with Crippen LogP contribution >= 0.6 is 11.6 Å². The van der Waals surface area contributed by atoms with Gasteiger partial charge >= 0.3 is 5.97 Å². The summed E-state index contributed by atoms with van der Waals surface area (Å²) in [6.07, 6.45) is -0.774. The third-order valence-corrected chi connectivity index (χ3v) is 2.35. The highest BCUT2D eigenvalue weighted by Gasteiger charge is 2.44. The average molecular weight is 196 g/mol. The number of nitrogens with one attached hydrogen (secondary N) is 1. The molecule has 0 spiro atoms. The van der Waals surface area contributed by atoms with Gasteiger partial charge in [-0.1, -0.05) is 0 Å². The van der Waals surface area contributed by atoms with Crippen LogP contribution in [0.2, 0.25) is 0 Å². The highest BCUT2D eigenvalue weighted by Crippen LogP contribution is 2.25. The summed E-state index contributed by atoms with van der Waals surface area (Å²) in [5.41, 5.74) is -1.12. The Hall–Kier alpha value is -0.350. The van der Waals surface area contributed by atoms with Crippen LogP contribution in [-0.4, -0.2) is 35.2 Å². The molecule has 2 N–H and O–H groups in total. The quantitative estimate of drug-likeness (QED) is 0.654. The summed E-state index contributed by atoms with van der Waals surface area (Å²) in [4.78, 5) is 10.8. The zero-order chi connectivity index (χ0) is 9.19. The fourth-order valence-corrected chi connectivity index (χ4v) is 1.77. The van der Waals surface area contributed by atoms with E-state index in [1.807, 2.05) is 0 Å². The first-order valence-corrected chi connectivity index (χ1v) is 4.32. The number of aliphatic carboxylic acids is 1. The lowest BCUT2D eigenvalue weighted by Gasteiger charge is -2.22. The Morgan fingerprint density at radius 2 is 2.50 bits per heavy atom. The van der Waals surface area contributed by atoms with Gasteiger partial charge < -0.3 is 5.11 Å². The minimum Gasteiger partial charge on any atom is -0.480 e. The van der Waals surface area contributed by atoms with Gasteiger partial charge in [0.2, 0.25) is 0 Å². The van der Waals surface area contributed by atoms with Crippen molar-refractivity contribution in [1.29, 1.82) is 0 Å². The lowest BCUT2D eigenvalue weighted by molar-refractivity contribution is -0.144. The first-order valence-electron chi connectivity index (χ1n) is 3.79. The van der Waals surface area contributed by atoms with Crippen molar-refractivity contribution in [1.82, 2.24) is 5.32 Å². The molecule has 1 aliphatic heterocycles. The molecule has 1 saturated heterocycles. The molecule has 70 valence electrons. The zero-order valence-corrected chi connectivity index (χ0v) is 7.27. The normalized spacial score (nSPS) is 35.3. The molecule has 1 rings (SSSR count). The second-order valence-electron chi connectivity index (χ2n) is 3.01. The van der Waals surface area contributed by atoms with E-state index in [-0.39, 0.29) is 25.3 Å². The first-order chi connectivity index (χ1) is 5.60. The number of carbonyl (C=O) groups is 1. The van der Waals surface area contributed by atoms with E-state index < -0.39 is 17.7 Å². The molecule has 0 radical (unpaired) electrons. The summed E-state index contributed by atoms with van der Waals surface area (Å²) >= 11 is 5.44. The van der Waals surface area contributed by atoms with Crippen LogP contribution in [0.1, 0.15) is 12.8 Å². The standard InChI is InChI=1S/C7H11ClFNO2/c8-2-1-7(6(11)12)3-5(9)4-10-7/h5,10H,1-4H2,(H,11,12). The highest BCUT2D eigenvalue weighted by atomic mass is 35.5. The van der Waals surface area contributed by atoms with Crippen LogP contribution in [0.4, 0.5) is 4.39 Å². The van der Waals surface area contributed by atoms with Gasteiger partial charge in [-0.2, -0.15) is 0 Å². The number of rotatable bonds is 3. The Morgan fingerprint density at radius 3 is 2.83 bits per heavy atom. The van der Waals surface area contributed by atoms with Crippen LogP contribution in [0.25, 0.3) is 0 Å². The largest absolute Gasteiger partial charge is 0.480 e. The molecule has 2 unspecified atom stereocenters. The molecule has 5 heteroatoms. The molecule has 2 atom stereocenters. The lowest BCUT2D eigenvalue weighted by atomic mass is 9.94. The van der Waals surface area contributed by atoms with Crippen LogP contribution < -0.4 is 5.32 Å². The molecule has 0 amide bonds. The van der Waals surface area contributed by atoms with Gasteiger partial charge in [0.05, 0.1) is 0 Å². The summed E-state index contributed by atoms with van der Waals surface area (Å²) in [5.74, 6) is -0.783. The van der Waals surface area contributed by atoms with Crippen molar-refractivity contribution in [2.24, 2.45) is 0 Å². The molecule has 0 aromatic rings. The second kappa shape index (κ2) is 3.58. The molecule has 0 aromatic heterocycles. The van der Waals surface area contributed by atoms with Gasteiger partial charge in [-0.05, 0) is 6.42 Å². The molecule has 1 aliphatic rings. The van der Waals surface area contributed by atoms with E-state index in [2.05, 4.69) is 5.32 Å². The van der Waals surface area contributed by atoms with Crippen molar-refractivity contribution in [3.63, 3.8) is 0 Å². The van der Waals surface area contributed by atoms with Gasteiger partial charge in [0, 0.05) is 18.8 Å². The summed E-state index contributed by atoms with van der Waals surface area (Å²) in [6, 6.07) is 0. The minimum absolute atomic E-state index is 0.0229. The van der Waals surface area contributed by atoms with Gasteiger partial charge in [0.25, 0.3) is 0 Å². The fraction of sp³-hybridized carbons (Fsp3) is 0.857. The molecule has 1 fully saturated rings. The number of carboxylic acid groups (broad SMARTS) is 1. The van der Waals surface area contributed by atoms with Gasteiger partial charge in [-0.15, -0.1) is 11.6 Å². The van der Waals surface area contributed by atoms with Crippen LogP contribution in [-0.2, 0) is 4.79 Å². The van der Waals surface area contributed by atoms with E-state index in [9.17, 15) is 9.18 Å². The number of hydrogen-bond donors (Lipinski definition) is 2. The molecular formula is C7H11ClFNO2. The van der Waals surface area contributed by atoms with Crippen LogP contribution in [0, 0.1) is 0 Å². The maximum atomic E-state index is 12.7. The van der Waals surface area contributed by atoms with E-state index >= 15 is 0 Å². The predicted octanol–water partition coefficient (Wildman–Crippen LogP) is 0.770. The average Bonchev–Trinajstić information content (AvgIpc) is 2.34. The Labute approximate surface area is 74.9 Å². The minimum atomic E-state index is -1.12. The van der Waals surface area contributed by atoms with E-state index in [0.717, 1.165) is 0 Å². The van der Waals surface area contributed by atoms with Crippen molar-refractivity contribution in [3.8, 4) is 0 Å². The molecule has 0 aromatic carbocycles. The Morgan fingerprint density at radius 1 is 1.83 bits per heavy atom. The molecule has 0 saturated carbocycles. The Balaban J connectivity index is 2.67. The molecule has 0 aliphatic carbocycles. The maximum Gasteiger partial charge on any atom is 0.324 e. The van der Waals surface area contributed by atoms with E-state index in [0.29, 0.717) is 0 Å². The molecule has 0 bridgehead atoms.